The lowest BCUT2D eigenvalue weighted by Gasteiger charge is -2.33. The summed E-state index contributed by atoms with van der Waals surface area (Å²) in [5.74, 6) is -0.989. The van der Waals surface area contributed by atoms with Gasteiger partial charge >= 0.3 is 0 Å². The topological polar surface area (TPSA) is 146 Å². The first-order chi connectivity index (χ1) is 22.8. The van der Waals surface area contributed by atoms with E-state index in [0.717, 1.165) is 4.90 Å². The number of aromatic nitrogens is 1. The maximum Gasteiger partial charge on any atom is 0.299 e. The van der Waals surface area contributed by atoms with Crippen LogP contribution in [0.3, 0.4) is 0 Å². The molecule has 1 aromatic heterocycles. The Morgan fingerprint density at radius 2 is 1.68 bits per heavy atom. The molecule has 4 aromatic rings. The number of nitrogens with one attached hydrogen (secondary N) is 1. The molecule has 240 valence electrons. The van der Waals surface area contributed by atoms with Crippen LogP contribution in [0.5, 0.6) is 28.7 Å². The lowest BCUT2D eigenvalue weighted by Crippen LogP contribution is -2.46. The number of ether oxygens (including phenoxy) is 5. The number of para-hydroxylation sites is 1. The molecular weight excluding hydrogens is 608 g/mol. The van der Waals surface area contributed by atoms with Crippen LogP contribution in [-0.4, -0.2) is 68.1 Å². The van der Waals surface area contributed by atoms with Crippen LogP contribution in [0.1, 0.15) is 27.5 Å². The van der Waals surface area contributed by atoms with Crippen molar-refractivity contribution < 1.29 is 42.9 Å². The molecule has 1 atom stereocenters. The number of nitrogens with zero attached hydrogens (tertiary/aromatic N) is 3. The lowest BCUT2D eigenvalue weighted by atomic mass is 10.0. The molecular formula is C34H30N4O9. The van der Waals surface area contributed by atoms with E-state index >= 15 is 0 Å². The van der Waals surface area contributed by atoms with Gasteiger partial charge in [0.25, 0.3) is 17.6 Å². The molecule has 6 rings (SSSR count). The van der Waals surface area contributed by atoms with Gasteiger partial charge in [-0.05, 0) is 53.6 Å². The van der Waals surface area contributed by atoms with Crippen LogP contribution in [0, 0.1) is 0 Å². The number of carbonyl (C=O) groups is 4. The Kier molecular flexibility index (Phi) is 8.60. The normalized spacial score (nSPS) is 13.6. The van der Waals surface area contributed by atoms with Crippen molar-refractivity contribution in [3.05, 3.63) is 95.8 Å². The van der Waals surface area contributed by atoms with Gasteiger partial charge in [0.1, 0.15) is 12.6 Å². The van der Waals surface area contributed by atoms with Crippen LogP contribution < -0.4 is 33.9 Å². The van der Waals surface area contributed by atoms with E-state index in [1.807, 2.05) is 0 Å². The highest BCUT2D eigenvalue weighted by Crippen LogP contribution is 2.42. The third-order valence-electron chi connectivity index (χ3n) is 7.77. The molecule has 2 aliphatic heterocycles. The van der Waals surface area contributed by atoms with Crippen molar-refractivity contribution in [2.45, 2.75) is 12.6 Å². The number of pyridine rings is 1. The van der Waals surface area contributed by atoms with Crippen molar-refractivity contribution >= 4 is 34.9 Å². The number of hydrogen-bond donors (Lipinski definition) is 1. The number of Topliss-reactive ketones (excluding diaryl/α,β-unsaturated/α-hetero) is 1. The van der Waals surface area contributed by atoms with Crippen molar-refractivity contribution in [3.8, 4) is 28.7 Å². The van der Waals surface area contributed by atoms with Gasteiger partial charge in [-0.3, -0.25) is 29.1 Å². The fourth-order valence-corrected chi connectivity index (χ4v) is 5.56. The second kappa shape index (κ2) is 13.1. The number of rotatable bonds is 11. The third-order valence-corrected chi connectivity index (χ3v) is 7.77. The van der Waals surface area contributed by atoms with E-state index in [0.29, 0.717) is 34.0 Å². The number of anilines is 2. The predicted octanol–water partition coefficient (Wildman–Crippen LogP) is 3.77. The van der Waals surface area contributed by atoms with Gasteiger partial charge in [-0.25, -0.2) is 0 Å². The molecule has 47 heavy (non-hydrogen) atoms. The zero-order valence-electron chi connectivity index (χ0n) is 25.7. The summed E-state index contributed by atoms with van der Waals surface area (Å²) in [5.41, 5.74) is 1.83. The quantitative estimate of drug-likeness (QED) is 0.241. The van der Waals surface area contributed by atoms with Gasteiger partial charge in [0.2, 0.25) is 18.4 Å². The fourth-order valence-electron chi connectivity index (χ4n) is 5.56. The number of ketones is 1. The van der Waals surface area contributed by atoms with Crippen molar-refractivity contribution in [2.75, 3.05) is 44.9 Å². The first kappa shape index (κ1) is 30.9. The summed E-state index contributed by atoms with van der Waals surface area (Å²) in [6.45, 7) is -0.546. The Labute approximate surface area is 269 Å². The molecule has 3 aromatic carbocycles. The SMILES string of the molecule is COc1cc([C@@H](C(=O)Nc2ccc3c(c2)OCO3)N(Cc2cccnc2)C(=O)CN2C(=O)C(=O)c3ccccc32)cc(OC)c1OC. The van der Waals surface area contributed by atoms with Crippen LogP contribution in [0.15, 0.2) is 79.1 Å². The van der Waals surface area contributed by atoms with Crippen LogP contribution in [0.25, 0.3) is 0 Å². The monoisotopic (exact) mass is 638 g/mol. The standard InChI is InChI=1S/C34H30N4O9/c1-43-27-13-21(14-28(44-2)32(27)45-3)30(33(41)36-22-10-11-25-26(15-22)47-19-46-25)38(17-20-7-6-12-35-16-20)29(39)18-37-24-9-5-4-8-23(24)31(40)34(37)42/h4-16,30H,17-19H2,1-3H3,(H,36,41)/t30-/m0/s1. The predicted molar refractivity (Wildman–Crippen MR) is 168 cm³/mol. The van der Waals surface area contributed by atoms with E-state index in [2.05, 4.69) is 10.3 Å². The Balaban J connectivity index is 1.45. The Morgan fingerprint density at radius 3 is 2.38 bits per heavy atom. The van der Waals surface area contributed by atoms with E-state index in [-0.39, 0.29) is 36.1 Å². The molecule has 0 aliphatic carbocycles. The van der Waals surface area contributed by atoms with Crippen LogP contribution in [-0.2, 0) is 20.9 Å². The first-order valence-electron chi connectivity index (χ1n) is 14.5. The van der Waals surface area contributed by atoms with Crippen molar-refractivity contribution in [3.63, 3.8) is 0 Å². The van der Waals surface area contributed by atoms with E-state index in [9.17, 15) is 19.2 Å². The second-order valence-corrected chi connectivity index (χ2v) is 10.5. The molecule has 3 amide bonds. The molecule has 13 nitrogen and oxygen atoms in total. The molecule has 0 radical (unpaired) electrons. The molecule has 1 N–H and O–H groups in total. The number of benzene rings is 3. The molecule has 0 fully saturated rings. The summed E-state index contributed by atoms with van der Waals surface area (Å²) >= 11 is 0. The minimum Gasteiger partial charge on any atom is -0.493 e. The smallest absolute Gasteiger partial charge is 0.299 e. The van der Waals surface area contributed by atoms with Gasteiger partial charge in [0, 0.05) is 30.7 Å². The Bertz CT molecular complexity index is 1840. The van der Waals surface area contributed by atoms with Gasteiger partial charge in [-0.2, -0.15) is 0 Å². The van der Waals surface area contributed by atoms with E-state index < -0.39 is 36.1 Å². The van der Waals surface area contributed by atoms with Crippen LogP contribution in [0.2, 0.25) is 0 Å². The lowest BCUT2D eigenvalue weighted by molar-refractivity contribution is -0.139. The zero-order chi connectivity index (χ0) is 33.1. The molecule has 0 spiro atoms. The summed E-state index contributed by atoms with van der Waals surface area (Å²) in [6.07, 6.45) is 3.16. The molecule has 0 bridgehead atoms. The van der Waals surface area contributed by atoms with Crippen molar-refractivity contribution in [1.29, 1.82) is 0 Å². The average Bonchev–Trinajstić information content (AvgIpc) is 3.66. The van der Waals surface area contributed by atoms with Crippen LogP contribution in [0.4, 0.5) is 11.4 Å². The molecule has 0 saturated heterocycles. The minimum absolute atomic E-state index is 0.0506. The Hall–Kier alpha value is -6.11. The molecule has 0 unspecified atom stereocenters. The fraction of sp³-hybridized carbons (Fsp3) is 0.206. The molecule has 13 heteroatoms. The highest BCUT2D eigenvalue weighted by molar-refractivity contribution is 6.52. The number of fused-ring (bicyclic) bond motifs is 2. The minimum atomic E-state index is -1.31. The summed E-state index contributed by atoms with van der Waals surface area (Å²) in [4.78, 5) is 61.3. The van der Waals surface area contributed by atoms with E-state index in [1.54, 1.807) is 73.1 Å². The first-order valence-corrected chi connectivity index (χ1v) is 14.5. The molecule has 0 saturated carbocycles. The van der Waals surface area contributed by atoms with Crippen molar-refractivity contribution in [1.82, 2.24) is 9.88 Å². The van der Waals surface area contributed by atoms with E-state index in [4.69, 9.17) is 23.7 Å². The molecule has 3 heterocycles. The number of methoxy groups -OCH3 is 3. The van der Waals surface area contributed by atoms with E-state index in [1.165, 1.54) is 32.3 Å². The highest BCUT2D eigenvalue weighted by atomic mass is 16.7. The number of carbonyl (C=O) groups excluding carboxylic acids is 4. The maximum atomic E-state index is 14.4. The van der Waals surface area contributed by atoms with Gasteiger partial charge in [0.15, 0.2) is 23.0 Å². The van der Waals surface area contributed by atoms with Gasteiger partial charge in [0.05, 0.1) is 32.6 Å². The molecule has 2 aliphatic rings. The van der Waals surface area contributed by atoms with Gasteiger partial charge in [-0.15, -0.1) is 0 Å². The number of amides is 3. The van der Waals surface area contributed by atoms with Crippen molar-refractivity contribution in [2.24, 2.45) is 0 Å². The summed E-state index contributed by atoms with van der Waals surface area (Å²) in [5, 5.41) is 2.89. The maximum absolute atomic E-state index is 14.4. The van der Waals surface area contributed by atoms with Gasteiger partial charge < -0.3 is 33.9 Å². The Morgan fingerprint density at radius 1 is 0.936 bits per heavy atom. The summed E-state index contributed by atoms with van der Waals surface area (Å²) in [7, 11) is 4.33. The summed E-state index contributed by atoms with van der Waals surface area (Å²) in [6, 6.07) is 16.7. The highest BCUT2D eigenvalue weighted by Gasteiger charge is 2.40. The van der Waals surface area contributed by atoms with Crippen LogP contribution >= 0.6 is 0 Å². The third kappa shape index (κ3) is 5.98. The van der Waals surface area contributed by atoms with Gasteiger partial charge in [-0.1, -0.05) is 18.2 Å². The largest absolute Gasteiger partial charge is 0.493 e. The average molecular weight is 639 g/mol. The summed E-state index contributed by atoms with van der Waals surface area (Å²) < 4.78 is 27.5. The zero-order valence-corrected chi connectivity index (χ0v) is 25.7. The number of hydrogen-bond acceptors (Lipinski definition) is 10. The second-order valence-electron chi connectivity index (χ2n) is 10.5.